The summed E-state index contributed by atoms with van der Waals surface area (Å²) < 4.78 is 0. The van der Waals surface area contributed by atoms with E-state index in [1.54, 1.807) is 0 Å². The molecule has 33 heavy (non-hydrogen) atoms. The van der Waals surface area contributed by atoms with Crippen LogP contribution in [-0.2, 0) is 46.1 Å². The van der Waals surface area contributed by atoms with Crippen molar-refractivity contribution in [2.75, 3.05) is 0 Å². The van der Waals surface area contributed by atoms with E-state index in [2.05, 4.69) is 18.2 Å². The molecule has 0 saturated carbocycles. The summed E-state index contributed by atoms with van der Waals surface area (Å²) >= 11 is 0. The summed E-state index contributed by atoms with van der Waals surface area (Å²) in [5, 5.41) is 0. The Morgan fingerprint density at radius 3 is 0.667 bits per heavy atom. The van der Waals surface area contributed by atoms with Crippen molar-refractivity contribution < 1.29 is 29.3 Å². The highest BCUT2D eigenvalue weighted by atomic mass is 17.2. The molecule has 0 atom stereocenters. The minimum absolute atomic E-state index is 0.441. The number of benzene rings is 1. The molecule has 6 heteroatoms. The predicted molar refractivity (Wildman–Crippen MR) is 131 cm³/mol. The molecule has 0 aromatic heterocycles. The third kappa shape index (κ3) is 10.4. The van der Waals surface area contributed by atoms with Gasteiger partial charge in [0.2, 0.25) is 0 Å². The zero-order valence-electron chi connectivity index (χ0n) is 23.7. The van der Waals surface area contributed by atoms with Crippen molar-refractivity contribution in [3.8, 4) is 0 Å². The van der Waals surface area contributed by atoms with Crippen LogP contribution in [0, 0.1) is 0 Å². The molecule has 0 amide bonds. The van der Waals surface area contributed by atoms with Gasteiger partial charge in [-0.3, -0.25) is 0 Å². The van der Waals surface area contributed by atoms with E-state index in [0.717, 1.165) is 16.7 Å². The fourth-order valence-corrected chi connectivity index (χ4v) is 2.50. The normalized spacial score (nSPS) is 14.6. The maximum Gasteiger partial charge on any atom is 0.123 e. The first-order chi connectivity index (χ1) is 14.4. The summed E-state index contributed by atoms with van der Waals surface area (Å²) in [6.45, 7) is 29.4. The van der Waals surface area contributed by atoms with Gasteiger partial charge < -0.3 is 0 Å². The monoisotopic (exact) mass is 468 g/mol. The maximum absolute atomic E-state index is 5.90. The second-order valence-corrected chi connectivity index (χ2v) is 13.2. The molecule has 0 fully saturated rings. The van der Waals surface area contributed by atoms with Crippen LogP contribution in [0.4, 0.5) is 0 Å². The Morgan fingerprint density at radius 2 is 0.515 bits per heavy atom. The molecule has 0 radical (unpaired) electrons. The lowest BCUT2D eigenvalue weighted by molar-refractivity contribution is -0.404. The molecule has 0 saturated heterocycles. The van der Waals surface area contributed by atoms with Crippen molar-refractivity contribution in [2.24, 2.45) is 0 Å². The smallest absolute Gasteiger partial charge is 0.123 e. The van der Waals surface area contributed by atoms with Gasteiger partial charge in [-0.15, -0.1) is 0 Å². The summed E-state index contributed by atoms with van der Waals surface area (Å²) in [6.07, 6.45) is 0. The Balaban J connectivity index is 3.50. The van der Waals surface area contributed by atoms with E-state index < -0.39 is 33.6 Å². The van der Waals surface area contributed by atoms with Gasteiger partial charge in [0.25, 0.3) is 0 Å². The minimum atomic E-state index is -0.736. The standard InChI is InChI=1S/C27H48O6/c1-22(2,3)28-31-25(10,11)19-16-20(26(12,13)32-29-23(4,5)6)18-21(17-19)27(14,15)33-30-24(7,8)9/h16-18H,1-15H3. The molecule has 6 nitrogen and oxygen atoms in total. The lowest BCUT2D eigenvalue weighted by atomic mass is 9.85. The van der Waals surface area contributed by atoms with Crippen molar-refractivity contribution in [3.63, 3.8) is 0 Å². The number of hydrogen-bond acceptors (Lipinski definition) is 6. The van der Waals surface area contributed by atoms with Gasteiger partial charge in [0, 0.05) is 0 Å². The highest BCUT2D eigenvalue weighted by Gasteiger charge is 2.35. The molecule has 1 rings (SSSR count). The zero-order chi connectivity index (χ0) is 26.1. The first-order valence-electron chi connectivity index (χ1n) is 11.7. The molecule has 0 aliphatic rings. The summed E-state index contributed by atoms with van der Waals surface area (Å²) in [7, 11) is 0. The lowest BCUT2D eigenvalue weighted by Gasteiger charge is -2.35. The number of hydrogen-bond donors (Lipinski definition) is 0. The van der Waals surface area contributed by atoms with E-state index in [9.17, 15) is 0 Å². The van der Waals surface area contributed by atoms with Gasteiger partial charge >= 0.3 is 0 Å². The Kier molecular flexibility index (Phi) is 9.02. The van der Waals surface area contributed by atoms with Gasteiger partial charge in [-0.25, -0.2) is 29.3 Å². The number of rotatable bonds is 9. The molecule has 0 heterocycles. The molecule has 1 aromatic rings. The van der Waals surface area contributed by atoms with Crippen molar-refractivity contribution in [1.29, 1.82) is 0 Å². The van der Waals surface area contributed by atoms with Crippen molar-refractivity contribution in [3.05, 3.63) is 34.9 Å². The highest BCUT2D eigenvalue weighted by Crippen LogP contribution is 2.38. The molecule has 1 aromatic carbocycles. The Hall–Kier alpha value is -1.02. The molecule has 0 N–H and O–H groups in total. The van der Waals surface area contributed by atoms with Crippen LogP contribution in [0.1, 0.15) is 121 Å². The van der Waals surface area contributed by atoms with Gasteiger partial charge in [-0.1, -0.05) is 0 Å². The molecule has 192 valence electrons. The first-order valence-corrected chi connectivity index (χ1v) is 11.7. The second-order valence-electron chi connectivity index (χ2n) is 13.2. The van der Waals surface area contributed by atoms with Gasteiger partial charge in [0.1, 0.15) is 16.8 Å². The largest absolute Gasteiger partial charge is 0.230 e. The summed E-state index contributed by atoms with van der Waals surface area (Å²) in [4.78, 5) is 34.7. The zero-order valence-corrected chi connectivity index (χ0v) is 23.7. The van der Waals surface area contributed by atoms with Crippen LogP contribution in [-0.4, -0.2) is 16.8 Å². The molecule has 0 spiro atoms. The molecule has 0 aliphatic heterocycles. The summed E-state index contributed by atoms with van der Waals surface area (Å²) in [5.74, 6) is 0. The van der Waals surface area contributed by atoms with Crippen molar-refractivity contribution >= 4 is 0 Å². The molecular weight excluding hydrogens is 420 g/mol. The van der Waals surface area contributed by atoms with E-state index in [1.165, 1.54) is 0 Å². The topological polar surface area (TPSA) is 55.4 Å². The van der Waals surface area contributed by atoms with E-state index in [-0.39, 0.29) is 0 Å². The molecule has 0 aliphatic carbocycles. The second kappa shape index (κ2) is 9.92. The van der Waals surface area contributed by atoms with Crippen LogP contribution in [0.2, 0.25) is 0 Å². The highest BCUT2D eigenvalue weighted by molar-refractivity contribution is 5.38. The van der Waals surface area contributed by atoms with Gasteiger partial charge in [0.05, 0.1) is 16.8 Å². The summed E-state index contributed by atoms with van der Waals surface area (Å²) in [6, 6.07) is 6.17. The van der Waals surface area contributed by atoms with E-state index in [0.29, 0.717) is 0 Å². The van der Waals surface area contributed by atoms with Crippen LogP contribution in [0.15, 0.2) is 18.2 Å². The van der Waals surface area contributed by atoms with Gasteiger partial charge in [-0.2, -0.15) is 0 Å². The first kappa shape index (κ1) is 30.0. The third-order valence-corrected chi connectivity index (χ3v) is 4.52. The molecular formula is C27H48O6. The van der Waals surface area contributed by atoms with Gasteiger partial charge in [-0.05, 0) is 139 Å². The van der Waals surface area contributed by atoms with E-state index >= 15 is 0 Å². The van der Waals surface area contributed by atoms with Crippen LogP contribution >= 0.6 is 0 Å². The van der Waals surface area contributed by atoms with E-state index in [4.69, 9.17) is 29.3 Å². The van der Waals surface area contributed by atoms with Crippen LogP contribution in [0.5, 0.6) is 0 Å². The summed E-state index contributed by atoms with van der Waals surface area (Å²) in [5.41, 5.74) is -0.784. The molecule has 0 unspecified atom stereocenters. The Labute approximate surface area is 202 Å². The van der Waals surface area contributed by atoms with Gasteiger partial charge in [0.15, 0.2) is 0 Å². The quantitative estimate of drug-likeness (QED) is 0.274. The van der Waals surface area contributed by atoms with Crippen LogP contribution in [0.25, 0.3) is 0 Å². The van der Waals surface area contributed by atoms with Crippen molar-refractivity contribution in [2.45, 2.75) is 137 Å². The molecule has 0 bridgehead atoms. The minimum Gasteiger partial charge on any atom is -0.230 e. The third-order valence-electron chi connectivity index (χ3n) is 4.52. The maximum atomic E-state index is 5.90. The van der Waals surface area contributed by atoms with Crippen LogP contribution in [0.3, 0.4) is 0 Å². The SMILES string of the molecule is CC(C)(C)OOC(C)(C)c1cc(C(C)(C)OOC(C)(C)C)cc(C(C)(C)OOC(C)(C)C)c1. The fraction of sp³-hybridized carbons (Fsp3) is 0.778. The lowest BCUT2D eigenvalue weighted by Crippen LogP contribution is -2.33. The predicted octanol–water partition coefficient (Wildman–Crippen LogP) is 7.63. The average molecular weight is 469 g/mol. The Bertz CT molecular complexity index is 656. The fourth-order valence-electron chi connectivity index (χ4n) is 2.50. The van der Waals surface area contributed by atoms with Crippen LogP contribution < -0.4 is 0 Å². The average Bonchev–Trinajstić information content (AvgIpc) is 2.61. The Morgan fingerprint density at radius 1 is 0.333 bits per heavy atom. The van der Waals surface area contributed by atoms with E-state index in [1.807, 2.05) is 104 Å². The van der Waals surface area contributed by atoms with Crippen molar-refractivity contribution in [1.82, 2.24) is 0 Å².